The third-order valence-corrected chi connectivity index (χ3v) is 4.72. The number of carbonyl (C=O) groups excluding carboxylic acids is 1. The van der Waals surface area contributed by atoms with Crippen molar-refractivity contribution in [3.05, 3.63) is 35.4 Å². The van der Waals surface area contributed by atoms with Crippen LogP contribution in [-0.4, -0.2) is 38.4 Å². The first kappa shape index (κ1) is 14.7. The molecule has 1 aliphatic heterocycles. The van der Waals surface area contributed by atoms with Gasteiger partial charge in [-0.05, 0) is 18.4 Å². The van der Waals surface area contributed by atoms with Crippen molar-refractivity contribution >= 4 is 5.78 Å². The second kappa shape index (κ2) is 5.87. The SMILES string of the molecule is CC1Cc2ccccc2C1=O.COC1NC2CC2C1OC. The quantitative estimate of drug-likeness (QED) is 0.905. The first-order valence-corrected chi connectivity index (χ1v) is 7.59. The van der Waals surface area contributed by atoms with Crippen LogP contribution < -0.4 is 5.32 Å². The Bertz CT molecular complexity index is 531. The number of hydrogen-bond acceptors (Lipinski definition) is 4. The van der Waals surface area contributed by atoms with Crippen molar-refractivity contribution in [2.24, 2.45) is 11.8 Å². The Morgan fingerprint density at radius 1 is 1.19 bits per heavy atom. The van der Waals surface area contributed by atoms with Crippen LogP contribution in [0.2, 0.25) is 0 Å². The number of Topliss-reactive ketones (excluding diaryl/α,β-unsaturated/α-hetero) is 1. The van der Waals surface area contributed by atoms with E-state index in [4.69, 9.17) is 9.47 Å². The minimum atomic E-state index is 0.133. The first-order chi connectivity index (χ1) is 10.2. The van der Waals surface area contributed by atoms with Crippen LogP contribution in [0.3, 0.4) is 0 Å². The Labute approximate surface area is 125 Å². The number of methoxy groups -OCH3 is 2. The fraction of sp³-hybridized carbons (Fsp3) is 0.588. The topological polar surface area (TPSA) is 47.6 Å². The average Bonchev–Trinajstić information content (AvgIpc) is 3.09. The molecule has 5 atom stereocenters. The minimum Gasteiger partial charge on any atom is -0.377 e. The second-order valence-corrected chi connectivity index (χ2v) is 6.16. The van der Waals surface area contributed by atoms with Crippen molar-refractivity contribution in [1.29, 1.82) is 0 Å². The maximum Gasteiger partial charge on any atom is 0.166 e. The van der Waals surface area contributed by atoms with Crippen LogP contribution in [0.4, 0.5) is 0 Å². The zero-order valence-electron chi connectivity index (χ0n) is 12.8. The fourth-order valence-electron chi connectivity index (χ4n) is 3.43. The monoisotopic (exact) mass is 289 g/mol. The summed E-state index contributed by atoms with van der Waals surface area (Å²) in [5.74, 6) is 1.22. The highest BCUT2D eigenvalue weighted by Crippen LogP contribution is 2.42. The lowest BCUT2D eigenvalue weighted by Crippen LogP contribution is -2.37. The zero-order valence-corrected chi connectivity index (χ0v) is 12.8. The molecule has 4 heteroatoms. The Kier molecular flexibility index (Phi) is 4.11. The molecular weight excluding hydrogens is 266 g/mol. The maximum atomic E-state index is 11.4. The van der Waals surface area contributed by atoms with Crippen LogP contribution in [-0.2, 0) is 15.9 Å². The summed E-state index contributed by atoms with van der Waals surface area (Å²) in [5.41, 5.74) is 2.14. The van der Waals surface area contributed by atoms with E-state index in [0.717, 1.165) is 17.9 Å². The molecule has 1 N–H and O–H groups in total. The molecule has 1 aromatic carbocycles. The number of benzene rings is 1. The van der Waals surface area contributed by atoms with Gasteiger partial charge in [-0.15, -0.1) is 0 Å². The molecule has 0 amide bonds. The van der Waals surface area contributed by atoms with Gasteiger partial charge in [0.1, 0.15) is 12.3 Å². The largest absolute Gasteiger partial charge is 0.377 e. The minimum absolute atomic E-state index is 0.133. The third-order valence-electron chi connectivity index (χ3n) is 4.72. The zero-order chi connectivity index (χ0) is 15.0. The van der Waals surface area contributed by atoms with E-state index < -0.39 is 0 Å². The number of carbonyl (C=O) groups is 1. The summed E-state index contributed by atoms with van der Waals surface area (Å²) in [6.07, 6.45) is 2.61. The molecule has 21 heavy (non-hydrogen) atoms. The summed E-state index contributed by atoms with van der Waals surface area (Å²) in [6, 6.07) is 8.55. The number of ether oxygens (including phenoxy) is 2. The Morgan fingerprint density at radius 2 is 1.95 bits per heavy atom. The third kappa shape index (κ3) is 2.76. The molecule has 1 saturated carbocycles. The van der Waals surface area contributed by atoms with Gasteiger partial charge in [-0.1, -0.05) is 31.2 Å². The number of rotatable bonds is 2. The van der Waals surface area contributed by atoms with Gasteiger partial charge in [0.25, 0.3) is 0 Å². The first-order valence-electron chi connectivity index (χ1n) is 7.59. The highest BCUT2D eigenvalue weighted by molar-refractivity contribution is 6.01. The fourth-order valence-corrected chi connectivity index (χ4v) is 3.43. The predicted molar refractivity (Wildman–Crippen MR) is 80.3 cm³/mol. The second-order valence-electron chi connectivity index (χ2n) is 6.16. The van der Waals surface area contributed by atoms with Crippen LogP contribution in [0, 0.1) is 11.8 Å². The lowest BCUT2D eigenvalue weighted by Gasteiger charge is -2.19. The number of piperidine rings is 1. The predicted octanol–water partition coefficient (Wildman–Crippen LogP) is 2.03. The van der Waals surface area contributed by atoms with Crippen LogP contribution >= 0.6 is 0 Å². The smallest absolute Gasteiger partial charge is 0.166 e. The molecule has 1 saturated heterocycles. The molecule has 4 nitrogen and oxygen atoms in total. The van der Waals surface area contributed by atoms with Gasteiger partial charge in [-0.25, -0.2) is 0 Å². The van der Waals surface area contributed by atoms with E-state index in [2.05, 4.69) is 5.32 Å². The highest BCUT2D eigenvalue weighted by Gasteiger charge is 2.54. The molecule has 3 aliphatic rings. The molecule has 1 aromatic rings. The van der Waals surface area contributed by atoms with Crippen molar-refractivity contribution in [1.82, 2.24) is 5.32 Å². The normalized spacial score (nSPS) is 35.8. The molecular formula is C17H23NO3. The van der Waals surface area contributed by atoms with Crippen molar-refractivity contribution in [3.63, 3.8) is 0 Å². The molecule has 4 rings (SSSR count). The Balaban J connectivity index is 0.000000126. The van der Waals surface area contributed by atoms with Gasteiger partial charge >= 0.3 is 0 Å². The van der Waals surface area contributed by atoms with Crippen molar-refractivity contribution in [2.75, 3.05) is 14.2 Å². The lowest BCUT2D eigenvalue weighted by molar-refractivity contribution is -0.0413. The van der Waals surface area contributed by atoms with Gasteiger partial charge in [-0.2, -0.15) is 0 Å². The molecule has 0 radical (unpaired) electrons. The van der Waals surface area contributed by atoms with Crippen molar-refractivity contribution in [2.45, 2.75) is 38.1 Å². The molecule has 0 aromatic heterocycles. The van der Waals surface area contributed by atoms with E-state index in [1.54, 1.807) is 14.2 Å². The molecule has 1 heterocycles. The van der Waals surface area contributed by atoms with E-state index in [1.807, 2.05) is 31.2 Å². The van der Waals surface area contributed by atoms with E-state index in [9.17, 15) is 4.79 Å². The van der Waals surface area contributed by atoms with Gasteiger partial charge in [-0.3, -0.25) is 10.1 Å². The van der Waals surface area contributed by atoms with Crippen LogP contribution in [0.5, 0.6) is 0 Å². The van der Waals surface area contributed by atoms with Gasteiger partial charge in [0.05, 0.1) is 0 Å². The van der Waals surface area contributed by atoms with Crippen LogP contribution in [0.1, 0.15) is 29.3 Å². The summed E-state index contributed by atoms with van der Waals surface area (Å²) in [6.45, 7) is 1.99. The van der Waals surface area contributed by atoms with Crippen molar-refractivity contribution < 1.29 is 14.3 Å². The summed E-state index contributed by atoms with van der Waals surface area (Å²) in [4.78, 5) is 11.4. The number of hydrogen-bond donors (Lipinski definition) is 1. The average molecular weight is 289 g/mol. The molecule has 0 spiro atoms. The summed E-state index contributed by atoms with van der Waals surface area (Å²) in [5, 5.41) is 3.33. The van der Waals surface area contributed by atoms with E-state index in [1.165, 1.54) is 12.0 Å². The van der Waals surface area contributed by atoms with Crippen molar-refractivity contribution in [3.8, 4) is 0 Å². The molecule has 114 valence electrons. The molecule has 2 aliphatic carbocycles. The van der Waals surface area contributed by atoms with Crippen LogP contribution in [0.25, 0.3) is 0 Å². The lowest BCUT2D eigenvalue weighted by atomic mass is 10.1. The summed E-state index contributed by atoms with van der Waals surface area (Å²) >= 11 is 0. The van der Waals surface area contributed by atoms with Crippen LogP contribution in [0.15, 0.2) is 24.3 Å². The van der Waals surface area contributed by atoms with E-state index >= 15 is 0 Å². The summed E-state index contributed by atoms with van der Waals surface area (Å²) in [7, 11) is 3.47. The standard InChI is InChI=1S/C10H10O.C7H13NO2/c1-7-6-8-4-2-3-5-9(8)10(7)11;1-9-6-4-3-5(4)8-7(6)10-2/h2-5,7H,6H2,1H3;4-8H,3H2,1-2H3. The maximum absolute atomic E-state index is 11.4. The summed E-state index contributed by atoms with van der Waals surface area (Å²) < 4.78 is 10.5. The highest BCUT2D eigenvalue weighted by atomic mass is 16.5. The van der Waals surface area contributed by atoms with Gasteiger partial charge in [0.15, 0.2) is 5.78 Å². The Morgan fingerprint density at radius 3 is 2.57 bits per heavy atom. The molecule has 2 fully saturated rings. The number of nitrogens with one attached hydrogen (secondary N) is 1. The van der Waals surface area contributed by atoms with E-state index in [0.29, 0.717) is 11.8 Å². The Hall–Kier alpha value is -1.23. The molecule has 0 bridgehead atoms. The number of ketones is 1. The van der Waals surface area contributed by atoms with Gasteiger partial charge < -0.3 is 9.47 Å². The van der Waals surface area contributed by atoms with E-state index in [-0.39, 0.29) is 18.2 Å². The number of fused-ring (bicyclic) bond motifs is 2. The van der Waals surface area contributed by atoms with Gasteiger partial charge in [0.2, 0.25) is 0 Å². The molecule has 5 unspecified atom stereocenters. The van der Waals surface area contributed by atoms with Gasteiger partial charge in [0, 0.05) is 37.7 Å².